The number of halogens is 1. The quantitative estimate of drug-likeness (QED) is 0.820. The number of aromatic nitrogens is 1. The van der Waals surface area contributed by atoms with Crippen molar-refractivity contribution in [2.45, 2.75) is 33.2 Å². The summed E-state index contributed by atoms with van der Waals surface area (Å²) in [7, 11) is 1.55. The molecule has 0 aliphatic rings. The molecule has 2 unspecified atom stereocenters. The number of nitrogens with two attached hydrogens (primary N) is 1. The number of hydrogen-bond donors (Lipinski definition) is 2. The first-order valence-corrected chi connectivity index (χ1v) is 6.58. The summed E-state index contributed by atoms with van der Waals surface area (Å²) < 4.78 is 4.84. The smallest absolute Gasteiger partial charge is 0.245 e. The molecule has 3 N–H and O–H groups in total. The number of amides is 2. The van der Waals surface area contributed by atoms with Gasteiger partial charge in [0.15, 0.2) is 5.82 Å². The van der Waals surface area contributed by atoms with Gasteiger partial charge in [0.05, 0.1) is 12.6 Å². The zero-order valence-electron chi connectivity index (χ0n) is 12.8. The van der Waals surface area contributed by atoms with Crippen molar-refractivity contribution in [1.29, 1.82) is 0 Å². The molecule has 0 bridgehead atoms. The van der Waals surface area contributed by atoms with Crippen molar-refractivity contribution < 1.29 is 14.1 Å². The first-order chi connectivity index (χ1) is 9.35. The maximum Gasteiger partial charge on any atom is 0.245 e. The second kappa shape index (κ2) is 8.63. The highest BCUT2D eigenvalue weighted by atomic mass is 35.5. The minimum Gasteiger partial charge on any atom is -0.360 e. The number of carbonyl (C=O) groups excluding carboxylic acids is 2. The number of carbonyl (C=O) groups is 2. The van der Waals surface area contributed by atoms with Crippen molar-refractivity contribution in [2.75, 3.05) is 18.9 Å². The summed E-state index contributed by atoms with van der Waals surface area (Å²) in [5.41, 5.74) is 5.85. The molecule has 2 amide bonds. The van der Waals surface area contributed by atoms with Crippen LogP contribution in [0.15, 0.2) is 10.6 Å². The Kier molecular flexibility index (Phi) is 7.98. The molecule has 0 radical (unpaired) electrons. The summed E-state index contributed by atoms with van der Waals surface area (Å²) in [5, 5.41) is 6.20. The number of hydrogen-bond acceptors (Lipinski definition) is 5. The molecule has 0 saturated heterocycles. The van der Waals surface area contributed by atoms with Crippen LogP contribution >= 0.6 is 12.4 Å². The summed E-state index contributed by atoms with van der Waals surface area (Å²) in [4.78, 5) is 25.1. The van der Waals surface area contributed by atoms with E-state index in [1.54, 1.807) is 20.0 Å². The lowest BCUT2D eigenvalue weighted by atomic mass is 9.99. The van der Waals surface area contributed by atoms with Crippen LogP contribution in [0, 0.1) is 12.8 Å². The molecule has 1 rings (SSSR count). The predicted octanol–water partition coefficient (Wildman–Crippen LogP) is 1.18. The Hall–Kier alpha value is -1.60. The molecule has 7 nitrogen and oxygen atoms in total. The van der Waals surface area contributed by atoms with E-state index in [-0.39, 0.29) is 36.7 Å². The van der Waals surface area contributed by atoms with Gasteiger partial charge in [0.25, 0.3) is 0 Å². The summed E-state index contributed by atoms with van der Waals surface area (Å²) in [5.74, 6) is 0.422. The third kappa shape index (κ3) is 5.73. The van der Waals surface area contributed by atoms with Gasteiger partial charge < -0.3 is 20.5 Å². The van der Waals surface area contributed by atoms with Crippen molar-refractivity contribution in [1.82, 2.24) is 10.1 Å². The van der Waals surface area contributed by atoms with Gasteiger partial charge >= 0.3 is 0 Å². The molecular formula is C13H23ClN4O3. The highest BCUT2D eigenvalue weighted by Gasteiger charge is 2.24. The van der Waals surface area contributed by atoms with Crippen LogP contribution in [0.4, 0.5) is 5.82 Å². The minimum atomic E-state index is -0.591. The van der Waals surface area contributed by atoms with Crippen molar-refractivity contribution in [3.8, 4) is 0 Å². The molecular weight excluding hydrogens is 296 g/mol. The Morgan fingerprint density at radius 2 is 2.14 bits per heavy atom. The van der Waals surface area contributed by atoms with Crippen LogP contribution in [-0.2, 0) is 9.59 Å². The largest absolute Gasteiger partial charge is 0.360 e. The van der Waals surface area contributed by atoms with Crippen molar-refractivity contribution in [2.24, 2.45) is 11.7 Å². The lowest BCUT2D eigenvalue weighted by molar-refractivity contribution is -0.135. The Labute approximate surface area is 130 Å². The molecule has 120 valence electrons. The van der Waals surface area contributed by atoms with Crippen LogP contribution in [0.3, 0.4) is 0 Å². The van der Waals surface area contributed by atoms with E-state index in [9.17, 15) is 9.59 Å². The minimum absolute atomic E-state index is 0. The fourth-order valence-corrected chi connectivity index (χ4v) is 1.65. The van der Waals surface area contributed by atoms with E-state index in [0.29, 0.717) is 11.6 Å². The van der Waals surface area contributed by atoms with Crippen LogP contribution in [0.1, 0.15) is 26.0 Å². The summed E-state index contributed by atoms with van der Waals surface area (Å²) in [6.45, 7) is 5.53. The van der Waals surface area contributed by atoms with Gasteiger partial charge in [-0.05, 0) is 12.8 Å². The Bertz CT molecular complexity index is 478. The molecule has 21 heavy (non-hydrogen) atoms. The van der Waals surface area contributed by atoms with Gasteiger partial charge in [-0.2, -0.15) is 0 Å². The lowest BCUT2D eigenvalue weighted by Gasteiger charge is -2.23. The third-order valence-corrected chi connectivity index (χ3v) is 3.19. The first kappa shape index (κ1) is 19.4. The molecule has 0 aromatic carbocycles. The molecule has 1 aromatic rings. The van der Waals surface area contributed by atoms with Crippen LogP contribution in [0.5, 0.6) is 0 Å². The van der Waals surface area contributed by atoms with E-state index in [1.165, 1.54) is 4.90 Å². The zero-order valence-corrected chi connectivity index (χ0v) is 13.6. The fourth-order valence-electron chi connectivity index (χ4n) is 1.65. The van der Waals surface area contributed by atoms with Gasteiger partial charge in [-0.3, -0.25) is 9.59 Å². The molecule has 0 saturated carbocycles. The molecule has 2 atom stereocenters. The molecule has 0 spiro atoms. The van der Waals surface area contributed by atoms with E-state index < -0.39 is 6.04 Å². The van der Waals surface area contributed by atoms with Gasteiger partial charge in [-0.1, -0.05) is 25.4 Å². The number of nitrogens with one attached hydrogen (secondary N) is 1. The second-order valence-corrected chi connectivity index (χ2v) is 4.98. The number of aryl methyl sites for hydroxylation is 1. The van der Waals surface area contributed by atoms with E-state index >= 15 is 0 Å². The van der Waals surface area contributed by atoms with Gasteiger partial charge in [0, 0.05) is 13.1 Å². The molecule has 1 heterocycles. The van der Waals surface area contributed by atoms with Crippen molar-refractivity contribution in [3.05, 3.63) is 11.8 Å². The first-order valence-electron chi connectivity index (χ1n) is 6.58. The summed E-state index contributed by atoms with van der Waals surface area (Å²) in [6, 6.07) is 1.01. The average Bonchev–Trinajstić information content (AvgIpc) is 2.80. The second-order valence-electron chi connectivity index (χ2n) is 4.98. The van der Waals surface area contributed by atoms with Gasteiger partial charge in [0.1, 0.15) is 5.76 Å². The van der Waals surface area contributed by atoms with E-state index in [2.05, 4.69) is 10.5 Å². The van der Waals surface area contributed by atoms with Crippen LogP contribution in [0.2, 0.25) is 0 Å². The topological polar surface area (TPSA) is 101 Å². The molecule has 0 aliphatic heterocycles. The molecule has 8 heteroatoms. The van der Waals surface area contributed by atoms with E-state index in [0.717, 1.165) is 6.42 Å². The Morgan fingerprint density at radius 1 is 1.52 bits per heavy atom. The monoisotopic (exact) mass is 318 g/mol. The SMILES string of the molecule is CCC(C)C(N)C(=O)N(C)CC(=O)Nc1cc(C)on1.Cl. The van der Waals surface area contributed by atoms with Crippen LogP contribution < -0.4 is 11.1 Å². The van der Waals surface area contributed by atoms with Gasteiger partial charge in [-0.15, -0.1) is 12.4 Å². The Balaban J connectivity index is 0.00000400. The highest BCUT2D eigenvalue weighted by Crippen LogP contribution is 2.09. The van der Waals surface area contributed by atoms with Crippen molar-refractivity contribution >= 4 is 30.0 Å². The maximum atomic E-state index is 12.0. The molecule has 0 fully saturated rings. The predicted molar refractivity (Wildman–Crippen MR) is 82.2 cm³/mol. The van der Waals surface area contributed by atoms with E-state index in [1.807, 2.05) is 13.8 Å². The lowest BCUT2D eigenvalue weighted by Crippen LogP contribution is -2.47. The van der Waals surface area contributed by atoms with Crippen molar-refractivity contribution in [3.63, 3.8) is 0 Å². The van der Waals surface area contributed by atoms with E-state index in [4.69, 9.17) is 10.3 Å². The van der Waals surface area contributed by atoms with Gasteiger partial charge in [-0.25, -0.2) is 0 Å². The van der Waals surface area contributed by atoms with Crippen LogP contribution in [-0.4, -0.2) is 41.5 Å². The van der Waals surface area contributed by atoms with Gasteiger partial charge in [0.2, 0.25) is 11.8 Å². The molecule has 0 aliphatic carbocycles. The Morgan fingerprint density at radius 3 is 2.62 bits per heavy atom. The maximum absolute atomic E-state index is 12.0. The average molecular weight is 319 g/mol. The molecule has 1 aromatic heterocycles. The third-order valence-electron chi connectivity index (χ3n) is 3.19. The number of likely N-dealkylation sites (N-methyl/N-ethyl adjacent to an activating group) is 1. The number of anilines is 1. The standard InChI is InChI=1S/C13H22N4O3.ClH/c1-5-8(2)12(14)13(19)17(4)7-11(18)15-10-6-9(3)20-16-10;/h6,8,12H,5,7,14H2,1-4H3,(H,15,16,18);1H. The highest BCUT2D eigenvalue weighted by molar-refractivity contribution is 5.94. The normalized spacial score (nSPS) is 13.0. The number of rotatable bonds is 6. The number of nitrogens with zero attached hydrogens (tertiary/aromatic N) is 2. The summed E-state index contributed by atoms with van der Waals surface area (Å²) in [6.07, 6.45) is 0.811. The fraction of sp³-hybridized carbons (Fsp3) is 0.615. The zero-order chi connectivity index (χ0) is 15.3. The summed E-state index contributed by atoms with van der Waals surface area (Å²) >= 11 is 0. The van der Waals surface area contributed by atoms with Crippen LogP contribution in [0.25, 0.3) is 0 Å².